The van der Waals surface area contributed by atoms with Gasteiger partial charge in [0.1, 0.15) is 5.60 Å². The SMILES string of the molecule is CCCCCCCCCCC(C)(O)C(C)=O. The van der Waals surface area contributed by atoms with Gasteiger partial charge in [-0.2, -0.15) is 0 Å². The molecule has 0 aliphatic carbocycles. The number of Topliss-reactive ketones (excluding diaryl/α,β-unsaturated/α-hetero) is 1. The topological polar surface area (TPSA) is 37.3 Å². The molecule has 0 radical (unpaired) electrons. The highest BCUT2D eigenvalue weighted by molar-refractivity contribution is 5.84. The fraction of sp³-hybridized carbons (Fsp3) is 0.929. The van der Waals surface area contributed by atoms with Crippen molar-refractivity contribution in [1.29, 1.82) is 0 Å². The summed E-state index contributed by atoms with van der Waals surface area (Å²) in [7, 11) is 0. The van der Waals surface area contributed by atoms with Gasteiger partial charge in [0.15, 0.2) is 5.78 Å². The van der Waals surface area contributed by atoms with E-state index in [9.17, 15) is 9.90 Å². The highest BCUT2D eigenvalue weighted by Crippen LogP contribution is 2.17. The molecule has 0 aromatic rings. The average molecular weight is 228 g/mol. The van der Waals surface area contributed by atoms with Crippen LogP contribution in [-0.4, -0.2) is 16.5 Å². The van der Waals surface area contributed by atoms with Gasteiger partial charge in [0.2, 0.25) is 0 Å². The van der Waals surface area contributed by atoms with Crippen LogP contribution >= 0.6 is 0 Å². The van der Waals surface area contributed by atoms with Crippen molar-refractivity contribution in [1.82, 2.24) is 0 Å². The van der Waals surface area contributed by atoms with Gasteiger partial charge >= 0.3 is 0 Å². The maximum Gasteiger partial charge on any atom is 0.160 e. The van der Waals surface area contributed by atoms with Crippen LogP contribution in [0.2, 0.25) is 0 Å². The van der Waals surface area contributed by atoms with Crippen molar-refractivity contribution in [2.75, 3.05) is 0 Å². The van der Waals surface area contributed by atoms with Crippen molar-refractivity contribution in [2.45, 2.75) is 84.2 Å². The number of carbonyl (C=O) groups is 1. The first-order valence-corrected chi connectivity index (χ1v) is 6.74. The van der Waals surface area contributed by atoms with E-state index in [1.807, 2.05) is 0 Å². The summed E-state index contributed by atoms with van der Waals surface area (Å²) in [6.45, 7) is 5.31. The smallest absolute Gasteiger partial charge is 0.160 e. The van der Waals surface area contributed by atoms with Gasteiger partial charge < -0.3 is 5.11 Å². The van der Waals surface area contributed by atoms with E-state index in [1.165, 1.54) is 45.4 Å². The second-order valence-corrected chi connectivity index (χ2v) is 5.05. The van der Waals surface area contributed by atoms with Gasteiger partial charge in [0.05, 0.1) is 0 Å². The normalized spacial score (nSPS) is 14.8. The van der Waals surface area contributed by atoms with Gasteiger partial charge in [0.25, 0.3) is 0 Å². The van der Waals surface area contributed by atoms with Crippen LogP contribution in [0.4, 0.5) is 0 Å². The van der Waals surface area contributed by atoms with Crippen LogP contribution in [0.3, 0.4) is 0 Å². The molecule has 2 heteroatoms. The third-order valence-corrected chi connectivity index (χ3v) is 3.28. The van der Waals surface area contributed by atoms with Crippen LogP contribution in [0.1, 0.15) is 78.6 Å². The van der Waals surface area contributed by atoms with Gasteiger partial charge in [-0.3, -0.25) is 4.79 Å². The Morgan fingerprint density at radius 1 is 1.00 bits per heavy atom. The fourth-order valence-electron chi connectivity index (χ4n) is 1.78. The molecule has 0 bridgehead atoms. The van der Waals surface area contributed by atoms with Crippen molar-refractivity contribution in [3.05, 3.63) is 0 Å². The van der Waals surface area contributed by atoms with Gasteiger partial charge in [-0.05, 0) is 20.3 Å². The molecule has 1 unspecified atom stereocenters. The number of rotatable bonds is 10. The predicted molar refractivity (Wildman–Crippen MR) is 68.5 cm³/mol. The number of hydrogen-bond acceptors (Lipinski definition) is 2. The monoisotopic (exact) mass is 228 g/mol. The summed E-state index contributed by atoms with van der Waals surface area (Å²) in [4.78, 5) is 11.1. The molecule has 0 aromatic carbocycles. The summed E-state index contributed by atoms with van der Waals surface area (Å²) in [6, 6.07) is 0. The molecule has 1 atom stereocenters. The quantitative estimate of drug-likeness (QED) is 0.576. The molecule has 0 aliphatic rings. The fourth-order valence-corrected chi connectivity index (χ4v) is 1.78. The van der Waals surface area contributed by atoms with Gasteiger partial charge in [-0.15, -0.1) is 0 Å². The van der Waals surface area contributed by atoms with Crippen molar-refractivity contribution in [2.24, 2.45) is 0 Å². The van der Waals surface area contributed by atoms with Crippen LogP contribution < -0.4 is 0 Å². The van der Waals surface area contributed by atoms with Crippen molar-refractivity contribution in [3.63, 3.8) is 0 Å². The molecule has 0 heterocycles. The predicted octanol–water partition coefficient (Wildman–Crippen LogP) is 3.86. The summed E-state index contributed by atoms with van der Waals surface area (Å²) in [5, 5.41) is 9.71. The lowest BCUT2D eigenvalue weighted by Crippen LogP contribution is -2.32. The second kappa shape index (κ2) is 8.74. The zero-order valence-corrected chi connectivity index (χ0v) is 11.2. The molecule has 0 rings (SSSR count). The first-order chi connectivity index (χ1) is 7.50. The molecule has 0 aliphatic heterocycles. The van der Waals surface area contributed by atoms with E-state index in [2.05, 4.69) is 6.92 Å². The molecule has 0 fully saturated rings. The van der Waals surface area contributed by atoms with E-state index in [4.69, 9.17) is 0 Å². The molecular formula is C14H28O2. The Hall–Kier alpha value is -0.370. The second-order valence-electron chi connectivity index (χ2n) is 5.05. The summed E-state index contributed by atoms with van der Waals surface area (Å²) < 4.78 is 0. The lowest BCUT2D eigenvalue weighted by molar-refractivity contribution is -0.134. The molecule has 0 spiro atoms. The number of aliphatic hydroxyl groups is 1. The minimum Gasteiger partial charge on any atom is -0.382 e. The average Bonchev–Trinajstić information content (AvgIpc) is 2.21. The van der Waals surface area contributed by atoms with Crippen LogP contribution in [0.25, 0.3) is 0 Å². The van der Waals surface area contributed by atoms with E-state index in [-0.39, 0.29) is 5.78 Å². The summed E-state index contributed by atoms with van der Waals surface area (Å²) in [5.74, 6) is -0.115. The van der Waals surface area contributed by atoms with E-state index in [1.54, 1.807) is 6.92 Å². The Kier molecular flexibility index (Phi) is 8.54. The molecule has 1 N–H and O–H groups in total. The van der Waals surface area contributed by atoms with Crippen molar-refractivity contribution < 1.29 is 9.90 Å². The summed E-state index contributed by atoms with van der Waals surface area (Å²) >= 11 is 0. The lowest BCUT2D eigenvalue weighted by Gasteiger charge is -2.19. The number of ketones is 1. The van der Waals surface area contributed by atoms with Crippen molar-refractivity contribution >= 4 is 5.78 Å². The highest BCUT2D eigenvalue weighted by Gasteiger charge is 2.24. The molecule has 0 saturated heterocycles. The Labute approximate surface area is 100 Å². The standard InChI is InChI=1S/C14H28O2/c1-4-5-6-7-8-9-10-11-12-14(3,16)13(2)15/h16H,4-12H2,1-3H3. The maximum absolute atomic E-state index is 11.1. The first-order valence-electron chi connectivity index (χ1n) is 6.74. The lowest BCUT2D eigenvalue weighted by atomic mass is 9.94. The Bertz CT molecular complexity index is 185. The molecule has 0 amide bonds. The van der Waals surface area contributed by atoms with Crippen LogP contribution in [-0.2, 0) is 4.79 Å². The van der Waals surface area contributed by atoms with Gasteiger partial charge in [0, 0.05) is 0 Å². The molecule has 0 saturated carbocycles. The molecule has 96 valence electrons. The molecular weight excluding hydrogens is 200 g/mol. The maximum atomic E-state index is 11.1. The zero-order chi connectivity index (χ0) is 12.4. The Balaban J connectivity index is 3.30. The number of carbonyl (C=O) groups excluding carboxylic acids is 1. The van der Waals surface area contributed by atoms with Gasteiger partial charge in [-0.1, -0.05) is 58.3 Å². The third-order valence-electron chi connectivity index (χ3n) is 3.28. The molecule has 0 aromatic heterocycles. The van der Waals surface area contributed by atoms with Gasteiger partial charge in [-0.25, -0.2) is 0 Å². The minimum atomic E-state index is -1.10. The number of hydrogen-bond donors (Lipinski definition) is 1. The zero-order valence-electron chi connectivity index (χ0n) is 11.2. The van der Waals surface area contributed by atoms with E-state index in [0.717, 1.165) is 12.8 Å². The first kappa shape index (κ1) is 15.6. The van der Waals surface area contributed by atoms with Crippen molar-refractivity contribution in [3.8, 4) is 0 Å². The largest absolute Gasteiger partial charge is 0.382 e. The number of unbranched alkanes of at least 4 members (excludes halogenated alkanes) is 7. The highest BCUT2D eigenvalue weighted by atomic mass is 16.3. The Morgan fingerprint density at radius 2 is 1.44 bits per heavy atom. The van der Waals surface area contributed by atoms with E-state index < -0.39 is 5.60 Å². The molecule has 16 heavy (non-hydrogen) atoms. The minimum absolute atomic E-state index is 0.115. The third kappa shape index (κ3) is 7.86. The van der Waals surface area contributed by atoms with E-state index >= 15 is 0 Å². The summed E-state index contributed by atoms with van der Waals surface area (Å²) in [5.41, 5.74) is -1.10. The van der Waals surface area contributed by atoms with E-state index in [0.29, 0.717) is 6.42 Å². The van der Waals surface area contributed by atoms with Crippen LogP contribution in [0, 0.1) is 0 Å². The van der Waals surface area contributed by atoms with Crippen LogP contribution in [0.5, 0.6) is 0 Å². The molecule has 2 nitrogen and oxygen atoms in total. The summed E-state index contributed by atoms with van der Waals surface area (Å²) in [6.07, 6.45) is 10.5. The Morgan fingerprint density at radius 3 is 1.88 bits per heavy atom. The van der Waals surface area contributed by atoms with Crippen LogP contribution in [0.15, 0.2) is 0 Å².